The summed E-state index contributed by atoms with van der Waals surface area (Å²) in [5.74, 6) is 0.887. The maximum atomic E-state index is 12.8. The van der Waals surface area contributed by atoms with Crippen molar-refractivity contribution < 1.29 is 28.8 Å². The molecule has 48 heavy (non-hydrogen) atoms. The summed E-state index contributed by atoms with van der Waals surface area (Å²) >= 11 is 4.91. The summed E-state index contributed by atoms with van der Waals surface area (Å²) in [7, 11) is 3.24. The number of carbonyl (C=O) groups excluding carboxylic acids is 1. The summed E-state index contributed by atoms with van der Waals surface area (Å²) in [4.78, 5) is 25.9. The predicted molar refractivity (Wildman–Crippen MR) is 184 cm³/mol. The third-order valence-corrected chi connectivity index (χ3v) is 9.32. The molecule has 5 aromatic rings. The van der Waals surface area contributed by atoms with Gasteiger partial charge in [0.15, 0.2) is 23.5 Å². The number of hydrogen-bond acceptors (Lipinski definition) is 11. The van der Waals surface area contributed by atoms with Crippen LogP contribution in [0.2, 0.25) is 0 Å². The van der Waals surface area contributed by atoms with Gasteiger partial charge in [-0.05, 0) is 47.9 Å². The molecule has 0 spiro atoms. The van der Waals surface area contributed by atoms with E-state index in [-0.39, 0.29) is 30.0 Å². The number of nitrogens with two attached hydrogens (primary N) is 1. The minimum atomic E-state index is -1.13. The fraction of sp³-hybridized carbons (Fsp3) is 0.333. The molecule has 1 aliphatic heterocycles. The van der Waals surface area contributed by atoms with Crippen LogP contribution in [0.4, 0.5) is 5.82 Å². The van der Waals surface area contributed by atoms with Crippen molar-refractivity contribution in [3.8, 4) is 11.5 Å². The summed E-state index contributed by atoms with van der Waals surface area (Å²) in [6, 6.07) is 25.3. The third-order valence-electron chi connectivity index (χ3n) is 8.84. The summed E-state index contributed by atoms with van der Waals surface area (Å²) in [6.07, 6.45) is -1.25. The van der Waals surface area contributed by atoms with Crippen LogP contribution in [0, 0.1) is 5.92 Å². The van der Waals surface area contributed by atoms with Crippen LogP contribution in [0.15, 0.2) is 85.2 Å². The molecule has 4 atom stereocenters. The highest BCUT2D eigenvalue weighted by atomic mass is 32.1. The number of ether oxygens (including phenoxy) is 4. The Kier molecular flexibility index (Phi) is 9.18. The second-order valence-corrected chi connectivity index (χ2v) is 13.3. The number of thiol groups is 1. The predicted octanol–water partition coefficient (Wildman–Crippen LogP) is 5.22. The molecule has 250 valence electrons. The first-order valence-corrected chi connectivity index (χ1v) is 16.0. The molecule has 3 heterocycles. The molecule has 0 saturated carbocycles. The average Bonchev–Trinajstić information content (AvgIpc) is 3.63. The Bertz CT molecular complexity index is 1850. The van der Waals surface area contributed by atoms with E-state index in [0.29, 0.717) is 22.7 Å². The normalized spacial score (nSPS) is 21.1. The molecular formula is C36H39N5O6S. The molecule has 3 aromatic carbocycles. The van der Waals surface area contributed by atoms with Crippen LogP contribution < -0.4 is 15.2 Å². The van der Waals surface area contributed by atoms with Crippen LogP contribution in [0.5, 0.6) is 11.5 Å². The van der Waals surface area contributed by atoms with Crippen LogP contribution in [0.25, 0.3) is 11.2 Å². The molecule has 0 radical (unpaired) electrons. The molecule has 1 aliphatic rings. The zero-order valence-corrected chi connectivity index (χ0v) is 28.3. The average molecular weight is 670 g/mol. The lowest BCUT2D eigenvalue weighted by molar-refractivity contribution is -0.0932. The van der Waals surface area contributed by atoms with Crippen molar-refractivity contribution in [2.75, 3.05) is 26.6 Å². The van der Waals surface area contributed by atoms with Gasteiger partial charge in [-0.3, -0.25) is 9.36 Å². The number of methoxy groups -OCH3 is 2. The standard InChI is InChI=1S/C36H39N5O6S/c1-21(2)29(42)32-39-31(37)28-33(40-32)41(20-38-28)34-35(3,48)30(43)27(47-34)19-46-36(22-9-7-6-8-10-22,23-11-15-25(44-4)16-12-23)24-13-17-26(45-5)18-14-24/h6-18,20-21,27,30,34,43,48H,19H2,1-5H3,(H2,37,39,40)/t27-,30-,34-,35-/m1/s1. The van der Waals surface area contributed by atoms with Gasteiger partial charge < -0.3 is 29.8 Å². The van der Waals surface area contributed by atoms with Gasteiger partial charge in [0.25, 0.3) is 0 Å². The molecule has 2 aromatic heterocycles. The lowest BCUT2D eigenvalue weighted by Crippen LogP contribution is -2.42. The molecule has 1 saturated heterocycles. The molecule has 0 amide bonds. The summed E-state index contributed by atoms with van der Waals surface area (Å²) < 4.78 is 25.0. The minimum absolute atomic E-state index is 0.0114. The van der Waals surface area contributed by atoms with E-state index in [1.807, 2.05) is 78.9 Å². The fourth-order valence-electron chi connectivity index (χ4n) is 6.14. The van der Waals surface area contributed by atoms with E-state index in [1.165, 1.54) is 6.33 Å². The molecule has 11 nitrogen and oxygen atoms in total. The molecule has 0 bridgehead atoms. The number of nitrogens with zero attached hydrogens (tertiary/aromatic N) is 4. The number of anilines is 1. The number of rotatable bonds is 11. The lowest BCUT2D eigenvalue weighted by atomic mass is 9.80. The Hall–Kier alpha value is -4.49. The van der Waals surface area contributed by atoms with Gasteiger partial charge in [0.2, 0.25) is 5.78 Å². The van der Waals surface area contributed by atoms with Crippen molar-refractivity contribution in [1.82, 2.24) is 19.5 Å². The molecular weight excluding hydrogens is 630 g/mol. The second-order valence-electron chi connectivity index (χ2n) is 12.3. The van der Waals surface area contributed by atoms with Crippen LogP contribution in [-0.2, 0) is 15.1 Å². The molecule has 0 unspecified atom stereocenters. The lowest BCUT2D eigenvalue weighted by Gasteiger charge is -2.37. The molecule has 0 aliphatic carbocycles. The highest BCUT2D eigenvalue weighted by Gasteiger charge is 2.53. The van der Waals surface area contributed by atoms with Crippen molar-refractivity contribution in [2.45, 2.75) is 49.6 Å². The van der Waals surface area contributed by atoms with Crippen molar-refractivity contribution in [3.05, 3.63) is 108 Å². The number of nitrogen functional groups attached to an aromatic ring is 1. The number of Topliss-reactive ketones (excluding diaryl/α,β-unsaturated/α-hetero) is 1. The highest BCUT2D eigenvalue weighted by molar-refractivity contribution is 7.81. The summed E-state index contributed by atoms with van der Waals surface area (Å²) in [6.45, 7) is 5.28. The largest absolute Gasteiger partial charge is 0.497 e. The van der Waals surface area contributed by atoms with Gasteiger partial charge in [0, 0.05) is 5.92 Å². The maximum Gasteiger partial charge on any atom is 0.202 e. The van der Waals surface area contributed by atoms with E-state index in [4.69, 9.17) is 37.3 Å². The zero-order valence-electron chi connectivity index (χ0n) is 27.4. The van der Waals surface area contributed by atoms with Gasteiger partial charge in [-0.15, -0.1) is 0 Å². The number of benzene rings is 3. The van der Waals surface area contributed by atoms with Gasteiger partial charge >= 0.3 is 0 Å². The highest BCUT2D eigenvalue weighted by Crippen LogP contribution is 2.46. The summed E-state index contributed by atoms with van der Waals surface area (Å²) in [5, 5.41) is 11.7. The van der Waals surface area contributed by atoms with E-state index >= 15 is 0 Å². The van der Waals surface area contributed by atoms with Crippen molar-refractivity contribution in [1.29, 1.82) is 0 Å². The van der Waals surface area contributed by atoms with Crippen molar-refractivity contribution >= 4 is 35.4 Å². The Morgan fingerprint density at radius 1 is 0.979 bits per heavy atom. The first-order chi connectivity index (χ1) is 23.0. The topological polar surface area (TPSA) is 144 Å². The first kappa shape index (κ1) is 33.4. The Balaban J connectivity index is 1.40. The number of fused-ring (bicyclic) bond motifs is 1. The Morgan fingerprint density at radius 2 is 1.54 bits per heavy atom. The van der Waals surface area contributed by atoms with Gasteiger partial charge in [-0.2, -0.15) is 12.6 Å². The SMILES string of the molecule is COc1ccc(C(OC[C@H]2O[C@@H](n3cnc4c(N)nc(C(=O)C(C)C)nc43)[C@](C)(S)[C@@H]2O)(c2ccccc2)c2ccc(OC)cc2)cc1. The van der Waals surface area contributed by atoms with E-state index in [9.17, 15) is 9.90 Å². The molecule has 6 rings (SSSR count). The smallest absolute Gasteiger partial charge is 0.202 e. The van der Waals surface area contributed by atoms with E-state index in [2.05, 4.69) is 15.0 Å². The van der Waals surface area contributed by atoms with Crippen molar-refractivity contribution in [2.24, 2.45) is 5.92 Å². The Labute approximate surface area is 284 Å². The number of aromatic nitrogens is 4. The molecule has 3 N–H and O–H groups in total. The third kappa shape index (κ3) is 5.79. The van der Waals surface area contributed by atoms with Crippen LogP contribution in [-0.4, -0.2) is 68.2 Å². The maximum absolute atomic E-state index is 12.8. The van der Waals surface area contributed by atoms with Crippen molar-refractivity contribution in [3.63, 3.8) is 0 Å². The zero-order chi connectivity index (χ0) is 34.2. The van der Waals surface area contributed by atoms with Gasteiger partial charge in [-0.1, -0.05) is 68.4 Å². The quantitative estimate of drug-likeness (QED) is 0.0973. The number of aliphatic hydroxyl groups is 1. The first-order valence-electron chi connectivity index (χ1n) is 15.6. The van der Waals surface area contributed by atoms with Crippen LogP contribution >= 0.6 is 12.6 Å². The van der Waals surface area contributed by atoms with Gasteiger partial charge in [0.1, 0.15) is 34.8 Å². The molecule has 12 heteroatoms. The van der Waals surface area contributed by atoms with E-state index in [1.54, 1.807) is 39.6 Å². The number of hydrogen-bond donors (Lipinski definition) is 3. The Morgan fingerprint density at radius 3 is 2.08 bits per heavy atom. The second kappa shape index (κ2) is 13.2. The van der Waals surface area contributed by atoms with E-state index in [0.717, 1.165) is 16.7 Å². The van der Waals surface area contributed by atoms with Crippen LogP contribution in [0.1, 0.15) is 54.3 Å². The number of imidazole rings is 1. The number of ketones is 1. The minimum Gasteiger partial charge on any atom is -0.497 e. The fourth-order valence-corrected chi connectivity index (χ4v) is 6.49. The monoisotopic (exact) mass is 669 g/mol. The number of aliphatic hydroxyl groups excluding tert-OH is 1. The van der Waals surface area contributed by atoms with Gasteiger partial charge in [-0.25, -0.2) is 15.0 Å². The van der Waals surface area contributed by atoms with Crippen LogP contribution in [0.3, 0.4) is 0 Å². The van der Waals surface area contributed by atoms with Gasteiger partial charge in [0.05, 0.1) is 31.9 Å². The summed E-state index contributed by atoms with van der Waals surface area (Å²) in [5.41, 5.74) is 8.26. The molecule has 1 fully saturated rings. The van der Waals surface area contributed by atoms with E-state index < -0.39 is 28.8 Å². The number of carbonyl (C=O) groups is 1.